The number of carbonyl (C=O) groups excluding carboxylic acids is 1. The van der Waals surface area contributed by atoms with Gasteiger partial charge in [0.25, 0.3) is 5.91 Å². The number of benzene rings is 1. The number of likely N-dealkylation sites (N-methyl/N-ethyl adjacent to an activating group) is 1. The Labute approximate surface area is 101 Å². The summed E-state index contributed by atoms with van der Waals surface area (Å²) in [6.07, 6.45) is 0. The molecule has 1 amide bonds. The largest absolute Gasteiger partial charge is 0.484 e. The lowest BCUT2D eigenvalue weighted by Gasteiger charge is -2.21. The Bertz CT molecular complexity index is 404. The molecular weight excluding hydrogens is 221 g/mol. The van der Waals surface area contributed by atoms with Gasteiger partial charge >= 0.3 is 0 Å². The molecule has 0 radical (unpaired) electrons. The van der Waals surface area contributed by atoms with E-state index in [0.29, 0.717) is 11.3 Å². The Hall–Kier alpha value is -1.58. The van der Waals surface area contributed by atoms with Crippen LogP contribution < -0.4 is 4.74 Å². The summed E-state index contributed by atoms with van der Waals surface area (Å²) in [6, 6.07) is 4.70. The number of ether oxygens (including phenoxy) is 1. The molecule has 94 valence electrons. The van der Waals surface area contributed by atoms with E-state index in [0.717, 1.165) is 0 Å². The summed E-state index contributed by atoms with van der Waals surface area (Å²) < 4.78 is 18.5. The molecule has 0 aliphatic heterocycles. The average Bonchev–Trinajstić information content (AvgIpc) is 2.29. The third-order valence-electron chi connectivity index (χ3n) is 2.67. The molecular formula is C13H18FNO2. The number of amides is 1. The Kier molecular flexibility index (Phi) is 4.49. The molecule has 0 aliphatic carbocycles. The van der Waals surface area contributed by atoms with E-state index in [1.165, 1.54) is 6.07 Å². The van der Waals surface area contributed by atoms with Crippen LogP contribution in [0.2, 0.25) is 0 Å². The first-order valence-corrected chi connectivity index (χ1v) is 5.56. The van der Waals surface area contributed by atoms with E-state index in [9.17, 15) is 9.18 Å². The fraction of sp³-hybridized carbons (Fsp3) is 0.462. The number of aryl methyl sites for hydroxylation is 1. The predicted octanol–water partition coefficient (Wildman–Crippen LogP) is 2.38. The van der Waals surface area contributed by atoms with Crippen LogP contribution in [0.15, 0.2) is 18.2 Å². The lowest BCUT2D eigenvalue weighted by Crippen LogP contribution is -2.36. The monoisotopic (exact) mass is 239 g/mol. The quantitative estimate of drug-likeness (QED) is 0.807. The number of halogens is 1. The van der Waals surface area contributed by atoms with Crippen LogP contribution >= 0.6 is 0 Å². The maximum atomic E-state index is 13.2. The molecule has 0 N–H and O–H groups in total. The van der Waals surface area contributed by atoms with Gasteiger partial charge in [-0.25, -0.2) is 4.39 Å². The van der Waals surface area contributed by atoms with Crippen molar-refractivity contribution in [1.82, 2.24) is 4.90 Å². The molecule has 4 heteroatoms. The molecule has 0 fully saturated rings. The second-order valence-electron chi connectivity index (χ2n) is 4.30. The average molecular weight is 239 g/mol. The highest BCUT2D eigenvalue weighted by atomic mass is 19.1. The van der Waals surface area contributed by atoms with Gasteiger partial charge in [-0.05, 0) is 32.4 Å². The van der Waals surface area contributed by atoms with E-state index < -0.39 is 0 Å². The fourth-order valence-corrected chi connectivity index (χ4v) is 1.20. The lowest BCUT2D eigenvalue weighted by atomic mass is 10.2. The fourth-order valence-electron chi connectivity index (χ4n) is 1.20. The SMILES string of the molecule is Cc1ccc(OCC(=O)N(C)C(C)C)cc1F. The zero-order valence-electron chi connectivity index (χ0n) is 10.7. The normalized spacial score (nSPS) is 10.5. The van der Waals surface area contributed by atoms with Gasteiger partial charge in [-0.1, -0.05) is 6.07 Å². The summed E-state index contributed by atoms with van der Waals surface area (Å²) >= 11 is 0. The number of hydrogen-bond acceptors (Lipinski definition) is 2. The van der Waals surface area contributed by atoms with Crippen LogP contribution in [0.1, 0.15) is 19.4 Å². The zero-order chi connectivity index (χ0) is 13.0. The molecule has 0 aromatic heterocycles. The van der Waals surface area contributed by atoms with Gasteiger partial charge in [0.2, 0.25) is 0 Å². The van der Waals surface area contributed by atoms with Crippen LogP contribution in [0, 0.1) is 12.7 Å². The van der Waals surface area contributed by atoms with Crippen molar-refractivity contribution >= 4 is 5.91 Å². The van der Waals surface area contributed by atoms with Crippen molar-refractivity contribution in [3.8, 4) is 5.75 Å². The Morgan fingerprint density at radius 1 is 1.47 bits per heavy atom. The molecule has 1 aromatic carbocycles. The summed E-state index contributed by atoms with van der Waals surface area (Å²) in [6.45, 7) is 5.45. The van der Waals surface area contributed by atoms with Crippen molar-refractivity contribution in [2.24, 2.45) is 0 Å². The second kappa shape index (κ2) is 5.66. The topological polar surface area (TPSA) is 29.5 Å². The van der Waals surface area contributed by atoms with Gasteiger partial charge in [0.15, 0.2) is 6.61 Å². The third-order valence-corrected chi connectivity index (χ3v) is 2.67. The molecule has 0 heterocycles. The number of carbonyl (C=O) groups is 1. The van der Waals surface area contributed by atoms with Crippen LogP contribution in [0.3, 0.4) is 0 Å². The molecule has 0 unspecified atom stereocenters. The highest BCUT2D eigenvalue weighted by molar-refractivity contribution is 5.77. The lowest BCUT2D eigenvalue weighted by molar-refractivity contribution is -0.133. The molecule has 0 aliphatic rings. The van der Waals surface area contributed by atoms with Crippen molar-refractivity contribution in [3.63, 3.8) is 0 Å². The van der Waals surface area contributed by atoms with Crippen LogP contribution in [-0.2, 0) is 4.79 Å². The molecule has 1 aromatic rings. The maximum absolute atomic E-state index is 13.2. The van der Waals surface area contributed by atoms with Gasteiger partial charge in [0, 0.05) is 19.2 Å². The minimum absolute atomic E-state index is 0.0722. The van der Waals surface area contributed by atoms with E-state index in [1.54, 1.807) is 31.0 Å². The van der Waals surface area contributed by atoms with Crippen molar-refractivity contribution in [2.75, 3.05) is 13.7 Å². The Balaban J connectivity index is 2.56. The summed E-state index contributed by atoms with van der Waals surface area (Å²) in [5, 5.41) is 0. The predicted molar refractivity (Wildman–Crippen MR) is 64.5 cm³/mol. The number of nitrogens with zero attached hydrogens (tertiary/aromatic N) is 1. The minimum Gasteiger partial charge on any atom is -0.484 e. The highest BCUT2D eigenvalue weighted by Crippen LogP contribution is 2.15. The first-order valence-electron chi connectivity index (χ1n) is 5.56. The molecule has 3 nitrogen and oxygen atoms in total. The molecule has 0 saturated carbocycles. The Morgan fingerprint density at radius 2 is 2.12 bits per heavy atom. The molecule has 0 spiro atoms. The number of hydrogen-bond donors (Lipinski definition) is 0. The smallest absolute Gasteiger partial charge is 0.260 e. The molecule has 0 saturated heterocycles. The summed E-state index contributed by atoms with van der Waals surface area (Å²) in [7, 11) is 1.71. The van der Waals surface area contributed by atoms with Gasteiger partial charge in [-0.15, -0.1) is 0 Å². The molecule has 1 rings (SSSR count). The number of rotatable bonds is 4. The van der Waals surface area contributed by atoms with E-state index in [2.05, 4.69) is 0 Å². The summed E-state index contributed by atoms with van der Waals surface area (Å²) in [5.74, 6) is -0.0771. The summed E-state index contributed by atoms with van der Waals surface area (Å²) in [5.41, 5.74) is 0.558. The van der Waals surface area contributed by atoms with Crippen molar-refractivity contribution in [1.29, 1.82) is 0 Å². The van der Waals surface area contributed by atoms with E-state index in [1.807, 2.05) is 13.8 Å². The van der Waals surface area contributed by atoms with Gasteiger partial charge in [-0.3, -0.25) is 4.79 Å². The molecule has 0 atom stereocenters. The Morgan fingerprint density at radius 3 is 2.65 bits per heavy atom. The van der Waals surface area contributed by atoms with Gasteiger partial charge in [0.05, 0.1) is 0 Å². The van der Waals surface area contributed by atoms with Crippen LogP contribution in [0.4, 0.5) is 4.39 Å². The standard InChI is InChI=1S/C13H18FNO2/c1-9(2)15(4)13(16)8-17-11-6-5-10(3)12(14)7-11/h5-7,9H,8H2,1-4H3. The van der Waals surface area contributed by atoms with E-state index in [4.69, 9.17) is 4.74 Å². The van der Waals surface area contributed by atoms with Crippen molar-refractivity contribution in [3.05, 3.63) is 29.6 Å². The van der Waals surface area contributed by atoms with E-state index >= 15 is 0 Å². The second-order valence-corrected chi connectivity index (χ2v) is 4.30. The van der Waals surface area contributed by atoms with Crippen LogP contribution in [0.5, 0.6) is 5.75 Å². The zero-order valence-corrected chi connectivity index (χ0v) is 10.7. The highest BCUT2D eigenvalue weighted by Gasteiger charge is 2.12. The van der Waals surface area contributed by atoms with Gasteiger partial charge in [0.1, 0.15) is 11.6 Å². The van der Waals surface area contributed by atoms with Crippen LogP contribution in [0.25, 0.3) is 0 Å². The van der Waals surface area contributed by atoms with Gasteiger partial charge < -0.3 is 9.64 Å². The van der Waals surface area contributed by atoms with E-state index in [-0.39, 0.29) is 24.4 Å². The van der Waals surface area contributed by atoms with Crippen molar-refractivity contribution in [2.45, 2.75) is 26.8 Å². The molecule has 17 heavy (non-hydrogen) atoms. The van der Waals surface area contributed by atoms with Crippen molar-refractivity contribution < 1.29 is 13.9 Å². The minimum atomic E-state index is -0.327. The summed E-state index contributed by atoms with van der Waals surface area (Å²) in [4.78, 5) is 13.2. The third kappa shape index (κ3) is 3.73. The first kappa shape index (κ1) is 13.5. The van der Waals surface area contributed by atoms with Gasteiger partial charge in [-0.2, -0.15) is 0 Å². The van der Waals surface area contributed by atoms with Crippen LogP contribution in [-0.4, -0.2) is 30.5 Å². The first-order chi connectivity index (χ1) is 7.91. The molecule has 0 bridgehead atoms. The maximum Gasteiger partial charge on any atom is 0.260 e.